The normalized spacial score (nSPS) is 25.2. The van der Waals surface area contributed by atoms with E-state index in [1.54, 1.807) is 0 Å². The van der Waals surface area contributed by atoms with E-state index in [1.807, 2.05) is 11.8 Å². The molecule has 2 heterocycles. The minimum Gasteiger partial charge on any atom is -0.274 e. The molecule has 4 aromatic rings. The summed E-state index contributed by atoms with van der Waals surface area (Å²) in [5, 5.41) is 1.36. The lowest BCUT2D eigenvalue weighted by Crippen LogP contribution is -2.46. The lowest BCUT2D eigenvalue weighted by molar-refractivity contribution is 0.166. The third-order valence-corrected chi connectivity index (χ3v) is 11.1. The summed E-state index contributed by atoms with van der Waals surface area (Å²) in [6, 6.07) is 43.8. The van der Waals surface area contributed by atoms with E-state index in [0.717, 1.165) is 11.6 Å². The SMILES string of the molecule is CC1(C)N=C(c2ccccc2)S[C@]12S[C@@H](c1ccccc1)N(Cc1ccccc1)[C@H]2c1ccccc1. The van der Waals surface area contributed by atoms with Crippen LogP contribution in [0.3, 0.4) is 0 Å². The van der Waals surface area contributed by atoms with E-state index in [2.05, 4.69) is 152 Å². The average molecular weight is 507 g/mol. The van der Waals surface area contributed by atoms with Crippen LogP contribution in [-0.4, -0.2) is 19.6 Å². The predicted molar refractivity (Wildman–Crippen MR) is 155 cm³/mol. The van der Waals surface area contributed by atoms with Gasteiger partial charge in [0.05, 0.1) is 22.0 Å². The standard InChI is InChI=1S/C32H30N2S2/c1-31(2)32(35-29(33-31)26-19-11-5-12-20-26)28(25-17-9-4-10-18-25)34(23-24-15-7-3-8-16-24)30(36-32)27-21-13-6-14-22-27/h3-22,28,30H,23H2,1-2H3/t28-,30-,32+/m0/s1. The van der Waals surface area contributed by atoms with Gasteiger partial charge in [0.1, 0.15) is 4.08 Å². The van der Waals surface area contributed by atoms with Crippen molar-refractivity contribution in [3.05, 3.63) is 144 Å². The van der Waals surface area contributed by atoms with Crippen molar-refractivity contribution in [3.8, 4) is 0 Å². The Morgan fingerprint density at radius 1 is 0.694 bits per heavy atom. The summed E-state index contributed by atoms with van der Waals surface area (Å²) >= 11 is 4.05. The zero-order valence-corrected chi connectivity index (χ0v) is 22.3. The third-order valence-electron chi connectivity index (χ3n) is 7.19. The van der Waals surface area contributed by atoms with Crippen LogP contribution >= 0.6 is 23.5 Å². The summed E-state index contributed by atoms with van der Waals surface area (Å²) in [5.74, 6) is 0. The molecule has 0 N–H and O–H groups in total. The van der Waals surface area contributed by atoms with Gasteiger partial charge in [0, 0.05) is 12.1 Å². The van der Waals surface area contributed by atoms with Crippen molar-refractivity contribution in [3.63, 3.8) is 0 Å². The highest BCUT2D eigenvalue weighted by molar-refractivity contribution is 8.27. The summed E-state index contributed by atoms with van der Waals surface area (Å²) in [6.45, 7) is 5.53. The maximum atomic E-state index is 5.40. The molecule has 0 amide bonds. The number of hydrogen-bond acceptors (Lipinski definition) is 4. The minimum atomic E-state index is -0.271. The monoisotopic (exact) mass is 506 g/mol. The molecule has 2 nitrogen and oxygen atoms in total. The van der Waals surface area contributed by atoms with E-state index < -0.39 is 0 Å². The first kappa shape index (κ1) is 23.6. The fourth-order valence-corrected chi connectivity index (χ4v) is 9.32. The first-order chi connectivity index (χ1) is 17.6. The number of hydrogen-bond donors (Lipinski definition) is 0. The van der Waals surface area contributed by atoms with Crippen LogP contribution in [0.25, 0.3) is 0 Å². The molecule has 1 spiro atoms. The second-order valence-corrected chi connectivity index (χ2v) is 12.8. The highest BCUT2D eigenvalue weighted by atomic mass is 32.2. The Balaban J connectivity index is 1.51. The van der Waals surface area contributed by atoms with Crippen molar-refractivity contribution in [2.75, 3.05) is 0 Å². The van der Waals surface area contributed by atoms with Crippen molar-refractivity contribution in [1.29, 1.82) is 0 Å². The molecule has 180 valence electrons. The molecule has 6 rings (SSSR count). The van der Waals surface area contributed by atoms with Gasteiger partial charge in [0.15, 0.2) is 0 Å². The largest absolute Gasteiger partial charge is 0.274 e. The minimum absolute atomic E-state index is 0.180. The summed E-state index contributed by atoms with van der Waals surface area (Å²) in [7, 11) is 0. The molecule has 1 fully saturated rings. The first-order valence-corrected chi connectivity index (χ1v) is 14.2. The zero-order chi connectivity index (χ0) is 24.6. The number of benzene rings is 4. The molecule has 4 heteroatoms. The van der Waals surface area contributed by atoms with Crippen molar-refractivity contribution in [2.24, 2.45) is 4.99 Å². The van der Waals surface area contributed by atoms with Gasteiger partial charge in [-0.15, -0.1) is 11.8 Å². The summed E-state index contributed by atoms with van der Waals surface area (Å²) in [5.41, 5.74) is 4.97. The fourth-order valence-electron chi connectivity index (χ4n) is 5.43. The number of nitrogens with zero attached hydrogens (tertiary/aromatic N) is 2. The highest BCUT2D eigenvalue weighted by Crippen LogP contribution is 2.70. The van der Waals surface area contributed by atoms with Gasteiger partial charge in [-0.25, -0.2) is 0 Å². The zero-order valence-electron chi connectivity index (χ0n) is 20.6. The molecule has 0 aromatic heterocycles. The van der Waals surface area contributed by atoms with Crippen LogP contribution in [0.2, 0.25) is 0 Å². The second-order valence-electron chi connectivity index (χ2n) is 9.96. The van der Waals surface area contributed by atoms with Crippen LogP contribution in [0.15, 0.2) is 126 Å². The molecule has 1 saturated heterocycles. The highest BCUT2D eigenvalue weighted by Gasteiger charge is 2.64. The van der Waals surface area contributed by atoms with Crippen LogP contribution < -0.4 is 0 Å². The van der Waals surface area contributed by atoms with Crippen molar-refractivity contribution >= 4 is 28.6 Å². The molecule has 0 aliphatic carbocycles. The van der Waals surface area contributed by atoms with Crippen LogP contribution in [0.1, 0.15) is 47.5 Å². The smallest absolute Gasteiger partial charge is 0.113 e. The Morgan fingerprint density at radius 3 is 1.83 bits per heavy atom. The molecule has 0 radical (unpaired) electrons. The number of aliphatic imine (C=N–C) groups is 1. The van der Waals surface area contributed by atoms with Crippen molar-refractivity contribution in [1.82, 2.24) is 4.90 Å². The van der Waals surface area contributed by atoms with Crippen LogP contribution in [0.5, 0.6) is 0 Å². The predicted octanol–water partition coefficient (Wildman–Crippen LogP) is 8.34. The topological polar surface area (TPSA) is 15.6 Å². The molecular weight excluding hydrogens is 477 g/mol. The van der Waals surface area contributed by atoms with Gasteiger partial charge in [0.25, 0.3) is 0 Å². The Hall–Kier alpha value is -2.79. The van der Waals surface area contributed by atoms with Gasteiger partial charge in [-0.05, 0) is 30.5 Å². The summed E-state index contributed by atoms with van der Waals surface area (Å²) in [6.07, 6.45) is 0. The van der Waals surface area contributed by atoms with Crippen LogP contribution in [-0.2, 0) is 6.54 Å². The van der Waals surface area contributed by atoms with E-state index >= 15 is 0 Å². The molecular formula is C32H30N2S2. The van der Waals surface area contributed by atoms with E-state index in [9.17, 15) is 0 Å². The number of thioether (sulfide) groups is 2. The van der Waals surface area contributed by atoms with E-state index in [-0.39, 0.29) is 21.0 Å². The summed E-state index contributed by atoms with van der Waals surface area (Å²) in [4.78, 5) is 8.11. The van der Waals surface area contributed by atoms with E-state index in [1.165, 1.54) is 22.3 Å². The molecule has 3 atom stereocenters. The van der Waals surface area contributed by atoms with Crippen molar-refractivity contribution < 1.29 is 0 Å². The molecule has 2 aliphatic rings. The lowest BCUT2D eigenvalue weighted by Gasteiger charge is -2.41. The Kier molecular flexibility index (Phi) is 6.28. The van der Waals surface area contributed by atoms with E-state index in [0.29, 0.717) is 0 Å². The molecule has 0 bridgehead atoms. The molecule has 36 heavy (non-hydrogen) atoms. The van der Waals surface area contributed by atoms with Crippen LogP contribution in [0.4, 0.5) is 0 Å². The summed E-state index contributed by atoms with van der Waals surface area (Å²) < 4.78 is -0.186. The van der Waals surface area contributed by atoms with Gasteiger partial charge in [-0.2, -0.15) is 0 Å². The molecule has 0 unspecified atom stereocenters. The van der Waals surface area contributed by atoms with E-state index in [4.69, 9.17) is 4.99 Å². The maximum Gasteiger partial charge on any atom is 0.113 e. The first-order valence-electron chi connectivity index (χ1n) is 12.5. The van der Waals surface area contributed by atoms with Crippen LogP contribution in [0, 0.1) is 0 Å². The van der Waals surface area contributed by atoms with Gasteiger partial charge in [0.2, 0.25) is 0 Å². The van der Waals surface area contributed by atoms with Gasteiger partial charge in [-0.1, -0.05) is 133 Å². The molecule has 4 aromatic carbocycles. The second kappa shape index (κ2) is 9.59. The number of rotatable bonds is 5. The fraction of sp³-hybridized carbons (Fsp3) is 0.219. The Morgan fingerprint density at radius 2 is 1.22 bits per heavy atom. The third kappa shape index (κ3) is 4.11. The van der Waals surface area contributed by atoms with Gasteiger partial charge in [-0.3, -0.25) is 9.89 Å². The average Bonchev–Trinajstić information content (AvgIpc) is 3.39. The van der Waals surface area contributed by atoms with Gasteiger partial charge < -0.3 is 0 Å². The molecule has 2 aliphatic heterocycles. The Labute approximate surface area is 222 Å². The maximum absolute atomic E-state index is 5.40. The Bertz CT molecular complexity index is 1340. The molecule has 0 saturated carbocycles. The van der Waals surface area contributed by atoms with Crippen molar-refractivity contribution in [2.45, 2.75) is 41.4 Å². The van der Waals surface area contributed by atoms with Gasteiger partial charge >= 0.3 is 0 Å². The lowest BCUT2D eigenvalue weighted by atomic mass is 9.88. The quantitative estimate of drug-likeness (QED) is 0.270.